The van der Waals surface area contributed by atoms with Gasteiger partial charge in [-0.25, -0.2) is 4.79 Å². The van der Waals surface area contributed by atoms with Crippen molar-refractivity contribution in [1.29, 1.82) is 5.41 Å². The number of fused-ring (bicyclic) bond motifs is 1. The van der Waals surface area contributed by atoms with Crippen molar-refractivity contribution in [3.05, 3.63) is 101 Å². The summed E-state index contributed by atoms with van der Waals surface area (Å²) in [7, 11) is 1.86. The average molecular weight is 451 g/mol. The van der Waals surface area contributed by atoms with Crippen molar-refractivity contribution in [2.24, 2.45) is 0 Å². The third-order valence-electron chi connectivity index (χ3n) is 5.83. The van der Waals surface area contributed by atoms with Crippen LogP contribution in [0.5, 0.6) is 0 Å². The summed E-state index contributed by atoms with van der Waals surface area (Å²) in [5.74, 6) is -0.972. The van der Waals surface area contributed by atoms with Crippen LogP contribution in [0.3, 0.4) is 0 Å². The third-order valence-corrected chi connectivity index (χ3v) is 5.83. The maximum absolute atomic E-state index is 10.9. The maximum atomic E-state index is 10.9. The van der Waals surface area contributed by atoms with Crippen LogP contribution in [0.4, 0.5) is 5.69 Å². The summed E-state index contributed by atoms with van der Waals surface area (Å²) in [6, 6.07) is 20.3. The Kier molecular flexibility index (Phi) is 6.69. The summed E-state index contributed by atoms with van der Waals surface area (Å²) in [6.45, 7) is 2.14. The lowest BCUT2D eigenvalue weighted by Crippen LogP contribution is -1.99. The number of hydrogen-bond donors (Lipinski definition) is 4. The van der Waals surface area contributed by atoms with E-state index in [1.807, 2.05) is 49.6 Å². The normalized spacial score (nSPS) is 12.1. The highest BCUT2D eigenvalue weighted by molar-refractivity contribution is 6.01. The fourth-order valence-corrected chi connectivity index (χ4v) is 4.15. The van der Waals surface area contributed by atoms with E-state index in [9.17, 15) is 4.79 Å². The molecular weight excluding hydrogens is 424 g/mol. The van der Waals surface area contributed by atoms with E-state index in [4.69, 9.17) is 10.5 Å². The SMILES string of the molecule is CC/C(=C(/c1ccc(/C=C/C(=O)O)cc1)c1ccc2[nH]ncc2c1)c1ccc(C=N)c(NC)c1. The fraction of sp³-hybridized carbons (Fsp3) is 0.107. The highest BCUT2D eigenvalue weighted by atomic mass is 16.4. The number of nitrogens with one attached hydrogen (secondary N) is 3. The lowest BCUT2D eigenvalue weighted by molar-refractivity contribution is -0.131. The molecule has 1 aromatic heterocycles. The van der Waals surface area contributed by atoms with Gasteiger partial charge in [-0.1, -0.05) is 49.4 Å². The lowest BCUT2D eigenvalue weighted by Gasteiger charge is -2.18. The van der Waals surface area contributed by atoms with Crippen molar-refractivity contribution < 1.29 is 9.90 Å². The molecule has 0 spiro atoms. The highest BCUT2D eigenvalue weighted by Gasteiger charge is 2.15. The summed E-state index contributed by atoms with van der Waals surface area (Å²) < 4.78 is 0. The molecule has 0 radical (unpaired) electrons. The van der Waals surface area contributed by atoms with Crippen molar-refractivity contribution in [3.8, 4) is 0 Å². The summed E-state index contributed by atoms with van der Waals surface area (Å²) >= 11 is 0. The van der Waals surface area contributed by atoms with Gasteiger partial charge in [0.05, 0.1) is 11.7 Å². The predicted molar refractivity (Wildman–Crippen MR) is 139 cm³/mol. The number of carbonyl (C=O) groups is 1. The first-order valence-electron chi connectivity index (χ1n) is 11.0. The van der Waals surface area contributed by atoms with E-state index in [0.717, 1.165) is 62.5 Å². The van der Waals surface area contributed by atoms with Crippen LogP contribution in [-0.2, 0) is 4.79 Å². The van der Waals surface area contributed by atoms with E-state index in [1.165, 1.54) is 11.8 Å². The van der Waals surface area contributed by atoms with E-state index < -0.39 is 5.97 Å². The van der Waals surface area contributed by atoms with Crippen molar-refractivity contribution >= 4 is 46.0 Å². The minimum absolute atomic E-state index is 0.798. The van der Waals surface area contributed by atoms with Crippen LogP contribution in [-0.4, -0.2) is 34.5 Å². The molecule has 0 amide bonds. The number of nitrogens with zero attached hydrogens (tertiary/aromatic N) is 1. The molecule has 0 bridgehead atoms. The first-order chi connectivity index (χ1) is 16.5. The molecule has 0 aliphatic rings. The quantitative estimate of drug-likeness (QED) is 0.149. The average Bonchev–Trinajstić information content (AvgIpc) is 3.34. The Morgan fingerprint density at radius 1 is 1.06 bits per heavy atom. The first-order valence-corrected chi connectivity index (χ1v) is 11.0. The minimum atomic E-state index is -0.972. The second-order valence-corrected chi connectivity index (χ2v) is 7.87. The smallest absolute Gasteiger partial charge is 0.328 e. The van der Waals surface area contributed by atoms with Gasteiger partial charge in [0.25, 0.3) is 0 Å². The number of aromatic amines is 1. The molecule has 0 saturated heterocycles. The van der Waals surface area contributed by atoms with Crippen LogP contribution in [0.2, 0.25) is 0 Å². The number of hydrogen-bond acceptors (Lipinski definition) is 4. The van der Waals surface area contributed by atoms with Crippen molar-refractivity contribution in [2.45, 2.75) is 13.3 Å². The molecule has 4 rings (SSSR count). The molecule has 0 fully saturated rings. The number of allylic oxidation sites excluding steroid dienone is 1. The number of carboxylic acid groups (broad SMARTS) is 1. The van der Waals surface area contributed by atoms with Gasteiger partial charge in [0.2, 0.25) is 0 Å². The third kappa shape index (κ3) is 4.66. The van der Waals surface area contributed by atoms with Gasteiger partial charge in [0, 0.05) is 36.0 Å². The van der Waals surface area contributed by atoms with Crippen molar-refractivity contribution in [3.63, 3.8) is 0 Å². The maximum Gasteiger partial charge on any atom is 0.328 e. The Labute approximate surface area is 198 Å². The Morgan fingerprint density at radius 2 is 1.79 bits per heavy atom. The molecule has 4 aromatic rings. The number of aromatic nitrogens is 2. The zero-order chi connectivity index (χ0) is 24.1. The van der Waals surface area contributed by atoms with Crippen molar-refractivity contribution in [1.82, 2.24) is 10.2 Å². The molecular formula is C28H26N4O2. The summed E-state index contributed by atoms with van der Waals surface area (Å²) in [4.78, 5) is 10.9. The van der Waals surface area contributed by atoms with E-state index in [1.54, 1.807) is 6.08 Å². The van der Waals surface area contributed by atoms with Gasteiger partial charge in [0.1, 0.15) is 0 Å². The number of anilines is 1. The van der Waals surface area contributed by atoms with Gasteiger partial charge in [0.15, 0.2) is 0 Å². The first kappa shape index (κ1) is 22.7. The molecule has 0 unspecified atom stereocenters. The predicted octanol–water partition coefficient (Wildman–Crippen LogP) is 6.07. The van der Waals surface area contributed by atoms with Crippen LogP contribution in [0.15, 0.2) is 72.9 Å². The van der Waals surface area contributed by atoms with E-state index in [2.05, 4.69) is 46.7 Å². The summed E-state index contributed by atoms with van der Waals surface area (Å²) in [6.07, 6.45) is 6.69. The largest absolute Gasteiger partial charge is 0.478 e. The highest BCUT2D eigenvalue weighted by Crippen LogP contribution is 2.36. The monoisotopic (exact) mass is 450 g/mol. The van der Waals surface area contributed by atoms with Gasteiger partial charge in [-0.2, -0.15) is 5.10 Å². The van der Waals surface area contributed by atoms with E-state index in [-0.39, 0.29) is 0 Å². The molecule has 0 aliphatic carbocycles. The molecule has 6 nitrogen and oxygen atoms in total. The standard InChI is InChI=1S/C28H26N4O2/c1-3-24(20-9-10-22(16-29)26(15-20)30-2)28(21-11-12-25-23(14-21)17-31-32-25)19-7-4-18(5-8-19)6-13-27(33)34/h4-17,29-30H,3H2,1-2H3,(H,31,32)(H,33,34)/b13-6+,28-24+,29-16?. The van der Waals surface area contributed by atoms with Crippen LogP contribution < -0.4 is 5.32 Å². The molecule has 0 atom stereocenters. The molecule has 170 valence electrons. The van der Waals surface area contributed by atoms with E-state index >= 15 is 0 Å². The Balaban J connectivity index is 1.93. The zero-order valence-corrected chi connectivity index (χ0v) is 19.1. The van der Waals surface area contributed by atoms with Gasteiger partial charge in [-0.3, -0.25) is 5.10 Å². The number of carboxylic acids is 1. The van der Waals surface area contributed by atoms with Crippen LogP contribution in [0, 0.1) is 5.41 Å². The van der Waals surface area contributed by atoms with Gasteiger partial charge >= 0.3 is 5.97 Å². The molecule has 1 heterocycles. The van der Waals surface area contributed by atoms with Gasteiger partial charge < -0.3 is 15.8 Å². The topological polar surface area (TPSA) is 102 Å². The number of rotatable bonds is 8. The Hall–Kier alpha value is -4.45. The molecule has 4 N–H and O–H groups in total. The minimum Gasteiger partial charge on any atom is -0.478 e. The number of aliphatic carboxylic acids is 1. The van der Waals surface area contributed by atoms with Gasteiger partial charge in [-0.15, -0.1) is 0 Å². The zero-order valence-electron chi connectivity index (χ0n) is 19.1. The summed E-state index contributed by atoms with van der Waals surface area (Å²) in [5.41, 5.74) is 8.99. The molecule has 34 heavy (non-hydrogen) atoms. The van der Waals surface area contributed by atoms with Gasteiger partial charge in [-0.05, 0) is 64.1 Å². The van der Waals surface area contributed by atoms with Crippen LogP contribution in [0.1, 0.15) is 41.2 Å². The van der Waals surface area contributed by atoms with E-state index in [0.29, 0.717) is 0 Å². The number of H-pyrrole nitrogens is 1. The molecule has 0 aliphatic heterocycles. The molecule has 0 saturated carbocycles. The second kappa shape index (κ2) is 10.0. The van der Waals surface area contributed by atoms with Crippen LogP contribution in [0.25, 0.3) is 28.1 Å². The Morgan fingerprint density at radius 3 is 2.47 bits per heavy atom. The van der Waals surface area contributed by atoms with Crippen molar-refractivity contribution in [2.75, 3.05) is 12.4 Å². The lowest BCUT2D eigenvalue weighted by atomic mass is 9.87. The summed E-state index contributed by atoms with van der Waals surface area (Å²) in [5, 5.41) is 28.0. The second-order valence-electron chi connectivity index (χ2n) is 7.87. The number of benzene rings is 3. The fourth-order valence-electron chi connectivity index (χ4n) is 4.15. The molecule has 6 heteroatoms. The Bertz CT molecular complexity index is 1410. The van der Waals surface area contributed by atoms with Crippen LogP contribution >= 0.6 is 0 Å². The molecule has 3 aromatic carbocycles.